The minimum absolute atomic E-state index is 0.287. The molecule has 0 radical (unpaired) electrons. The summed E-state index contributed by atoms with van der Waals surface area (Å²) < 4.78 is 5.51. The van der Waals surface area contributed by atoms with E-state index in [9.17, 15) is 0 Å². The van der Waals surface area contributed by atoms with Gasteiger partial charge in [0, 0.05) is 0 Å². The molecule has 1 aliphatic rings. The molecule has 1 aromatic carbocycles. The van der Waals surface area contributed by atoms with Gasteiger partial charge in [0.25, 0.3) is 0 Å². The zero-order valence-corrected chi connectivity index (χ0v) is 7.53. The number of hydrogen-bond donors (Lipinski definition) is 0. The standard InChI is InChI=1S/C11H8N2O/c12-6-8-3-9(7-13)5-11(4-8)14-10-1-2-10/h3-5,10H,1-2H2. The van der Waals surface area contributed by atoms with Crippen LogP contribution in [0.2, 0.25) is 0 Å². The van der Waals surface area contributed by atoms with Gasteiger partial charge in [-0.3, -0.25) is 0 Å². The van der Waals surface area contributed by atoms with Crippen LogP contribution >= 0.6 is 0 Å². The van der Waals surface area contributed by atoms with Crippen molar-refractivity contribution in [1.29, 1.82) is 10.5 Å². The van der Waals surface area contributed by atoms with Crippen LogP contribution in [-0.2, 0) is 0 Å². The van der Waals surface area contributed by atoms with E-state index >= 15 is 0 Å². The Kier molecular flexibility index (Phi) is 2.08. The highest BCUT2D eigenvalue weighted by Gasteiger charge is 2.23. The molecule has 0 spiro atoms. The second kappa shape index (κ2) is 3.40. The largest absolute Gasteiger partial charge is 0.490 e. The second-order valence-corrected chi connectivity index (χ2v) is 3.29. The fourth-order valence-corrected chi connectivity index (χ4v) is 1.17. The van der Waals surface area contributed by atoms with Crippen LogP contribution in [0.5, 0.6) is 5.75 Å². The summed E-state index contributed by atoms with van der Waals surface area (Å²) in [5.74, 6) is 0.628. The smallest absolute Gasteiger partial charge is 0.122 e. The van der Waals surface area contributed by atoms with E-state index in [0.29, 0.717) is 16.9 Å². The van der Waals surface area contributed by atoms with E-state index in [4.69, 9.17) is 15.3 Å². The molecule has 1 aliphatic carbocycles. The van der Waals surface area contributed by atoms with Gasteiger partial charge in [-0.15, -0.1) is 0 Å². The van der Waals surface area contributed by atoms with Crippen LogP contribution in [-0.4, -0.2) is 6.10 Å². The van der Waals surface area contributed by atoms with E-state index in [0.717, 1.165) is 12.8 Å². The van der Waals surface area contributed by atoms with E-state index in [2.05, 4.69) is 0 Å². The van der Waals surface area contributed by atoms with E-state index in [1.807, 2.05) is 12.1 Å². The van der Waals surface area contributed by atoms with Gasteiger partial charge < -0.3 is 4.74 Å². The molecule has 1 fully saturated rings. The first-order chi connectivity index (χ1) is 6.81. The van der Waals surface area contributed by atoms with Crippen LogP contribution in [0.25, 0.3) is 0 Å². The van der Waals surface area contributed by atoms with E-state index in [-0.39, 0.29) is 6.10 Å². The lowest BCUT2D eigenvalue weighted by atomic mass is 10.1. The molecule has 0 atom stereocenters. The summed E-state index contributed by atoms with van der Waals surface area (Å²) in [5, 5.41) is 17.4. The zero-order valence-electron chi connectivity index (χ0n) is 7.53. The molecule has 2 rings (SSSR count). The number of ether oxygens (including phenoxy) is 1. The SMILES string of the molecule is N#Cc1cc(C#N)cc(OC2CC2)c1. The molecule has 14 heavy (non-hydrogen) atoms. The molecule has 0 heterocycles. The number of rotatable bonds is 2. The maximum absolute atomic E-state index is 8.72. The average molecular weight is 184 g/mol. The summed E-state index contributed by atoms with van der Waals surface area (Å²) in [6, 6.07) is 8.90. The maximum atomic E-state index is 8.72. The maximum Gasteiger partial charge on any atom is 0.122 e. The van der Waals surface area contributed by atoms with Crippen molar-refractivity contribution >= 4 is 0 Å². The molecule has 0 aromatic heterocycles. The van der Waals surface area contributed by atoms with Crippen molar-refractivity contribution in [3.05, 3.63) is 29.3 Å². The van der Waals surface area contributed by atoms with E-state index in [1.165, 1.54) is 0 Å². The lowest BCUT2D eigenvalue weighted by molar-refractivity contribution is 0.303. The van der Waals surface area contributed by atoms with Crippen LogP contribution in [0, 0.1) is 22.7 Å². The third-order valence-electron chi connectivity index (χ3n) is 1.99. The second-order valence-electron chi connectivity index (χ2n) is 3.29. The van der Waals surface area contributed by atoms with Gasteiger partial charge in [-0.2, -0.15) is 10.5 Å². The van der Waals surface area contributed by atoms with Crippen molar-refractivity contribution in [2.45, 2.75) is 18.9 Å². The lowest BCUT2D eigenvalue weighted by Gasteiger charge is -2.04. The lowest BCUT2D eigenvalue weighted by Crippen LogP contribution is -1.96. The topological polar surface area (TPSA) is 56.8 Å². The highest BCUT2D eigenvalue weighted by molar-refractivity contribution is 5.45. The Balaban J connectivity index is 2.30. The molecule has 1 aromatic rings. The number of nitriles is 2. The molecule has 0 saturated heterocycles. The monoisotopic (exact) mass is 184 g/mol. The number of hydrogen-bond acceptors (Lipinski definition) is 3. The minimum atomic E-state index is 0.287. The summed E-state index contributed by atoms with van der Waals surface area (Å²) in [7, 11) is 0. The van der Waals surface area contributed by atoms with Crippen LogP contribution in [0.3, 0.4) is 0 Å². The number of benzene rings is 1. The molecule has 68 valence electrons. The molecule has 0 bridgehead atoms. The van der Waals surface area contributed by atoms with Gasteiger partial charge in [0.15, 0.2) is 0 Å². The molecular weight excluding hydrogens is 176 g/mol. The first-order valence-corrected chi connectivity index (χ1v) is 4.44. The summed E-state index contributed by atoms with van der Waals surface area (Å²) in [6.45, 7) is 0. The quantitative estimate of drug-likeness (QED) is 0.706. The molecule has 3 nitrogen and oxygen atoms in total. The van der Waals surface area contributed by atoms with Gasteiger partial charge >= 0.3 is 0 Å². The van der Waals surface area contributed by atoms with Gasteiger partial charge in [-0.05, 0) is 31.0 Å². The normalized spacial score (nSPS) is 14.1. The van der Waals surface area contributed by atoms with E-state index < -0.39 is 0 Å². The summed E-state index contributed by atoms with van der Waals surface area (Å²) in [6.07, 6.45) is 2.42. The Labute approximate surface area is 82.1 Å². The Morgan fingerprint density at radius 1 is 1.07 bits per heavy atom. The third-order valence-corrected chi connectivity index (χ3v) is 1.99. The fourth-order valence-electron chi connectivity index (χ4n) is 1.17. The van der Waals surface area contributed by atoms with Crippen LogP contribution < -0.4 is 4.74 Å². The Hall–Kier alpha value is -2.00. The van der Waals surface area contributed by atoms with Crippen LogP contribution in [0.1, 0.15) is 24.0 Å². The first kappa shape index (κ1) is 8.59. The molecule has 0 amide bonds. The summed E-state index contributed by atoms with van der Waals surface area (Å²) in [5.41, 5.74) is 0.944. The predicted octanol–water partition coefficient (Wildman–Crippen LogP) is 1.97. The fraction of sp³-hybridized carbons (Fsp3) is 0.273. The van der Waals surface area contributed by atoms with Crippen molar-refractivity contribution < 1.29 is 4.74 Å². The highest BCUT2D eigenvalue weighted by Crippen LogP contribution is 2.27. The van der Waals surface area contributed by atoms with Gasteiger partial charge in [0.1, 0.15) is 5.75 Å². The Bertz CT molecular complexity index is 403. The van der Waals surface area contributed by atoms with Crippen molar-refractivity contribution in [3.8, 4) is 17.9 Å². The van der Waals surface area contributed by atoms with Crippen LogP contribution in [0.4, 0.5) is 0 Å². The van der Waals surface area contributed by atoms with Gasteiger partial charge in [0.05, 0.1) is 29.4 Å². The van der Waals surface area contributed by atoms with Crippen molar-refractivity contribution in [2.75, 3.05) is 0 Å². The zero-order chi connectivity index (χ0) is 9.97. The molecule has 0 unspecified atom stereocenters. The molecule has 0 aliphatic heterocycles. The Morgan fingerprint density at radius 3 is 2.07 bits per heavy atom. The highest BCUT2D eigenvalue weighted by atomic mass is 16.5. The summed E-state index contributed by atoms with van der Waals surface area (Å²) in [4.78, 5) is 0. The van der Waals surface area contributed by atoms with Gasteiger partial charge in [0.2, 0.25) is 0 Å². The molecule has 1 saturated carbocycles. The molecule has 3 heteroatoms. The van der Waals surface area contributed by atoms with Gasteiger partial charge in [-0.1, -0.05) is 0 Å². The van der Waals surface area contributed by atoms with Crippen molar-refractivity contribution in [2.24, 2.45) is 0 Å². The van der Waals surface area contributed by atoms with Crippen molar-refractivity contribution in [3.63, 3.8) is 0 Å². The minimum Gasteiger partial charge on any atom is -0.490 e. The Morgan fingerprint density at radius 2 is 1.64 bits per heavy atom. The van der Waals surface area contributed by atoms with E-state index in [1.54, 1.807) is 18.2 Å². The first-order valence-electron chi connectivity index (χ1n) is 4.44. The molecular formula is C11H8N2O. The van der Waals surface area contributed by atoms with Crippen LogP contribution in [0.15, 0.2) is 18.2 Å². The molecule has 0 N–H and O–H groups in total. The number of nitrogens with zero attached hydrogens (tertiary/aromatic N) is 2. The van der Waals surface area contributed by atoms with Crippen molar-refractivity contribution in [1.82, 2.24) is 0 Å². The average Bonchev–Trinajstić information content (AvgIpc) is 3.01. The van der Waals surface area contributed by atoms with Gasteiger partial charge in [-0.25, -0.2) is 0 Å². The third kappa shape index (κ3) is 1.84. The summed E-state index contributed by atoms with van der Waals surface area (Å²) >= 11 is 0. The predicted molar refractivity (Wildman–Crippen MR) is 49.5 cm³/mol.